The Morgan fingerprint density at radius 1 is 1.04 bits per heavy atom. The number of aromatic hydroxyl groups is 3. The molecule has 0 saturated heterocycles. The van der Waals surface area contributed by atoms with Crippen LogP contribution in [0.4, 0.5) is 0 Å². The predicted octanol–water partition coefficient (Wildman–Crippen LogP) is 2.85. The molecule has 5 heteroatoms. The molecule has 0 saturated carbocycles. The van der Waals surface area contributed by atoms with Gasteiger partial charge in [0.1, 0.15) is 28.6 Å². The van der Waals surface area contributed by atoms with E-state index in [9.17, 15) is 20.1 Å². The number of phenols is 3. The number of carbonyl (C=O) groups is 1. The van der Waals surface area contributed by atoms with Crippen LogP contribution in [0.25, 0.3) is 0 Å². The highest BCUT2D eigenvalue weighted by Crippen LogP contribution is 2.44. The highest BCUT2D eigenvalue weighted by Gasteiger charge is 2.34. The van der Waals surface area contributed by atoms with Gasteiger partial charge in [-0.3, -0.25) is 4.79 Å². The molecular formula is C18H18O5. The molecule has 1 heterocycles. The smallest absolute Gasteiger partial charge is 0.177 e. The second kappa shape index (κ2) is 5.50. The van der Waals surface area contributed by atoms with Gasteiger partial charge in [-0.2, -0.15) is 0 Å². The van der Waals surface area contributed by atoms with E-state index in [4.69, 9.17) is 4.74 Å². The van der Waals surface area contributed by atoms with Crippen molar-refractivity contribution in [1.29, 1.82) is 0 Å². The van der Waals surface area contributed by atoms with Crippen molar-refractivity contribution in [2.24, 2.45) is 5.92 Å². The maximum atomic E-state index is 12.8. The van der Waals surface area contributed by atoms with Gasteiger partial charge in [0.15, 0.2) is 5.78 Å². The molecule has 0 bridgehead atoms. The molecule has 0 amide bonds. The minimum Gasteiger partial charge on any atom is -0.508 e. The first-order valence-corrected chi connectivity index (χ1v) is 7.40. The summed E-state index contributed by atoms with van der Waals surface area (Å²) in [7, 11) is 0. The molecule has 1 aliphatic heterocycles. The zero-order chi connectivity index (χ0) is 16.7. The minimum absolute atomic E-state index is 0.0500. The Kier molecular flexibility index (Phi) is 3.64. The molecule has 2 aromatic rings. The molecule has 0 spiro atoms. The fourth-order valence-corrected chi connectivity index (χ4v) is 2.92. The first kappa shape index (κ1) is 15.2. The number of hydrogen-bond donors (Lipinski definition) is 3. The summed E-state index contributed by atoms with van der Waals surface area (Å²) in [5.41, 5.74) is 1.79. The van der Waals surface area contributed by atoms with Gasteiger partial charge in [-0.25, -0.2) is 0 Å². The van der Waals surface area contributed by atoms with E-state index >= 15 is 0 Å². The van der Waals surface area contributed by atoms with Gasteiger partial charge < -0.3 is 20.1 Å². The average molecular weight is 314 g/mol. The molecule has 3 N–H and O–H groups in total. The lowest BCUT2D eigenvalue weighted by Crippen LogP contribution is -2.30. The Labute approximate surface area is 133 Å². The number of ether oxygens (including phenoxy) is 1. The molecule has 1 atom stereocenters. The summed E-state index contributed by atoms with van der Waals surface area (Å²) < 4.78 is 5.66. The Morgan fingerprint density at radius 2 is 1.70 bits per heavy atom. The molecule has 0 unspecified atom stereocenters. The van der Waals surface area contributed by atoms with Crippen molar-refractivity contribution < 1.29 is 24.9 Å². The number of phenolic OH excluding ortho intramolecular Hbond substituents is 3. The summed E-state index contributed by atoms with van der Waals surface area (Å²) in [5.74, 6) is -0.443. The second-order valence-corrected chi connectivity index (χ2v) is 5.89. The number of Topliss-reactive ketones (excluding diaryl/α,β-unsaturated/α-hetero) is 1. The fourth-order valence-electron chi connectivity index (χ4n) is 2.92. The normalized spacial score (nSPS) is 16.8. The lowest BCUT2D eigenvalue weighted by molar-refractivity contribution is 0.0824. The van der Waals surface area contributed by atoms with Crippen molar-refractivity contribution in [2.45, 2.75) is 20.3 Å². The van der Waals surface area contributed by atoms with Gasteiger partial charge in [0, 0.05) is 11.1 Å². The van der Waals surface area contributed by atoms with Crippen LogP contribution in [0.15, 0.2) is 24.3 Å². The molecule has 120 valence electrons. The van der Waals surface area contributed by atoms with Crippen LogP contribution in [0.3, 0.4) is 0 Å². The Morgan fingerprint density at radius 3 is 2.35 bits per heavy atom. The van der Waals surface area contributed by atoms with E-state index in [-0.39, 0.29) is 46.5 Å². The van der Waals surface area contributed by atoms with Gasteiger partial charge >= 0.3 is 0 Å². The standard InChI is InChI=1S/C18H18O5/c1-9-15(20)10(2)18-14(16(9)21)17(22)12(8-23-18)7-11-3-5-13(19)6-4-11/h3-6,12,19-21H,7-8H2,1-2H3/t12-/m0/s1. The quantitative estimate of drug-likeness (QED) is 0.793. The third-order valence-corrected chi connectivity index (χ3v) is 4.33. The Bertz CT molecular complexity index is 777. The average Bonchev–Trinajstić information content (AvgIpc) is 2.54. The topological polar surface area (TPSA) is 87.0 Å². The summed E-state index contributed by atoms with van der Waals surface area (Å²) in [6.07, 6.45) is 0.455. The van der Waals surface area contributed by atoms with Crippen molar-refractivity contribution in [3.63, 3.8) is 0 Å². The SMILES string of the molecule is Cc1c(O)c(C)c2c(c1O)C(=O)[C@@H](Cc1ccc(O)cc1)CO2. The van der Waals surface area contributed by atoms with Crippen molar-refractivity contribution in [1.82, 2.24) is 0 Å². The second-order valence-electron chi connectivity index (χ2n) is 5.89. The van der Waals surface area contributed by atoms with Gasteiger partial charge in [-0.15, -0.1) is 0 Å². The summed E-state index contributed by atoms with van der Waals surface area (Å²) >= 11 is 0. The molecule has 5 nitrogen and oxygen atoms in total. The monoisotopic (exact) mass is 314 g/mol. The highest BCUT2D eigenvalue weighted by atomic mass is 16.5. The van der Waals surface area contributed by atoms with Crippen LogP contribution < -0.4 is 4.74 Å². The van der Waals surface area contributed by atoms with E-state index in [2.05, 4.69) is 0 Å². The number of benzene rings is 2. The van der Waals surface area contributed by atoms with E-state index < -0.39 is 5.92 Å². The van der Waals surface area contributed by atoms with Gasteiger partial charge in [0.2, 0.25) is 0 Å². The molecule has 0 aliphatic carbocycles. The summed E-state index contributed by atoms with van der Waals surface area (Å²) in [4.78, 5) is 12.8. The van der Waals surface area contributed by atoms with Crippen molar-refractivity contribution in [3.8, 4) is 23.0 Å². The van der Waals surface area contributed by atoms with Crippen LogP contribution in [0.2, 0.25) is 0 Å². The zero-order valence-electron chi connectivity index (χ0n) is 13.0. The molecule has 23 heavy (non-hydrogen) atoms. The molecule has 0 fully saturated rings. The molecule has 2 aromatic carbocycles. The third kappa shape index (κ3) is 2.48. The van der Waals surface area contributed by atoms with Crippen molar-refractivity contribution in [2.75, 3.05) is 6.61 Å². The van der Waals surface area contributed by atoms with E-state index in [0.717, 1.165) is 5.56 Å². The van der Waals surface area contributed by atoms with Crippen LogP contribution in [0, 0.1) is 19.8 Å². The lowest BCUT2D eigenvalue weighted by Gasteiger charge is -2.27. The largest absolute Gasteiger partial charge is 0.508 e. The van der Waals surface area contributed by atoms with E-state index in [0.29, 0.717) is 12.0 Å². The van der Waals surface area contributed by atoms with Crippen LogP contribution in [0.5, 0.6) is 23.0 Å². The van der Waals surface area contributed by atoms with Crippen LogP contribution in [-0.4, -0.2) is 27.7 Å². The summed E-state index contributed by atoms with van der Waals surface area (Å²) in [6.45, 7) is 3.42. The lowest BCUT2D eigenvalue weighted by atomic mass is 9.87. The molecule has 3 rings (SSSR count). The van der Waals surface area contributed by atoms with Crippen molar-refractivity contribution >= 4 is 5.78 Å². The predicted molar refractivity (Wildman–Crippen MR) is 84.4 cm³/mol. The summed E-state index contributed by atoms with van der Waals surface area (Å²) in [6, 6.07) is 6.65. The van der Waals surface area contributed by atoms with E-state index in [1.165, 1.54) is 0 Å². The number of ketones is 1. The number of fused-ring (bicyclic) bond motifs is 1. The Hall–Kier alpha value is -2.69. The van der Waals surface area contributed by atoms with Gasteiger partial charge in [-0.1, -0.05) is 12.1 Å². The fraction of sp³-hybridized carbons (Fsp3) is 0.278. The first-order valence-electron chi connectivity index (χ1n) is 7.40. The number of rotatable bonds is 2. The van der Waals surface area contributed by atoms with E-state index in [1.807, 2.05) is 0 Å². The first-order chi connectivity index (χ1) is 10.9. The molecule has 0 aromatic heterocycles. The third-order valence-electron chi connectivity index (χ3n) is 4.33. The van der Waals surface area contributed by atoms with Gasteiger partial charge in [-0.05, 0) is 38.0 Å². The molecular weight excluding hydrogens is 296 g/mol. The van der Waals surface area contributed by atoms with E-state index in [1.54, 1.807) is 38.1 Å². The number of hydrogen-bond acceptors (Lipinski definition) is 5. The molecule has 1 aliphatic rings. The maximum absolute atomic E-state index is 12.8. The maximum Gasteiger partial charge on any atom is 0.177 e. The minimum atomic E-state index is -0.415. The molecule has 0 radical (unpaired) electrons. The van der Waals surface area contributed by atoms with Crippen LogP contribution in [0.1, 0.15) is 27.0 Å². The van der Waals surface area contributed by atoms with Gasteiger partial charge in [0.25, 0.3) is 0 Å². The summed E-state index contributed by atoms with van der Waals surface area (Å²) in [5, 5.41) is 29.5. The van der Waals surface area contributed by atoms with Gasteiger partial charge in [0.05, 0.1) is 12.5 Å². The zero-order valence-corrected chi connectivity index (χ0v) is 13.0. The van der Waals surface area contributed by atoms with Crippen LogP contribution in [-0.2, 0) is 6.42 Å². The highest BCUT2D eigenvalue weighted by molar-refractivity contribution is 6.05. The van der Waals surface area contributed by atoms with Crippen molar-refractivity contribution in [3.05, 3.63) is 46.5 Å². The van der Waals surface area contributed by atoms with Crippen LogP contribution >= 0.6 is 0 Å². The Balaban J connectivity index is 1.96. The number of carbonyl (C=O) groups excluding carboxylic acids is 1.